The van der Waals surface area contributed by atoms with E-state index in [2.05, 4.69) is 5.16 Å². The summed E-state index contributed by atoms with van der Waals surface area (Å²) < 4.78 is 5.27. The number of nitrogens with zero attached hydrogens (tertiary/aromatic N) is 1. The van der Waals surface area contributed by atoms with Crippen LogP contribution in [0.5, 0.6) is 0 Å². The van der Waals surface area contributed by atoms with Crippen LogP contribution >= 0.6 is 11.3 Å². The molecule has 3 aromatic rings. The van der Waals surface area contributed by atoms with E-state index in [4.69, 9.17) is 10.3 Å². The molecule has 0 aliphatic heterocycles. The van der Waals surface area contributed by atoms with Crippen LogP contribution in [0.2, 0.25) is 0 Å². The lowest BCUT2D eigenvalue weighted by Gasteiger charge is -1.90. The van der Waals surface area contributed by atoms with Gasteiger partial charge in [-0.3, -0.25) is 0 Å². The molecular formula is C12H10N2OS. The molecule has 2 N–H and O–H groups in total. The first kappa shape index (κ1) is 9.57. The third kappa shape index (κ3) is 1.43. The van der Waals surface area contributed by atoms with E-state index in [1.807, 2.05) is 36.4 Å². The molecule has 0 aliphatic rings. The van der Waals surface area contributed by atoms with Crippen LogP contribution in [0.1, 0.15) is 4.88 Å². The van der Waals surface area contributed by atoms with Crippen molar-refractivity contribution in [3.05, 3.63) is 41.3 Å². The number of rotatable bonds is 2. The molecule has 4 heteroatoms. The van der Waals surface area contributed by atoms with Crippen LogP contribution in [0, 0.1) is 0 Å². The van der Waals surface area contributed by atoms with E-state index >= 15 is 0 Å². The van der Waals surface area contributed by atoms with Crippen molar-refractivity contribution in [2.45, 2.75) is 6.54 Å². The fourth-order valence-electron chi connectivity index (χ4n) is 1.68. The lowest BCUT2D eigenvalue weighted by Crippen LogP contribution is -1.90. The molecule has 16 heavy (non-hydrogen) atoms. The highest BCUT2D eigenvalue weighted by Gasteiger charge is 2.11. The maximum Gasteiger partial charge on any atom is 0.167 e. The summed E-state index contributed by atoms with van der Waals surface area (Å²) in [6.45, 7) is 0.570. The molecule has 0 saturated carbocycles. The smallest absolute Gasteiger partial charge is 0.167 e. The Morgan fingerprint density at radius 2 is 2.06 bits per heavy atom. The van der Waals surface area contributed by atoms with Gasteiger partial charge in [0.25, 0.3) is 0 Å². The van der Waals surface area contributed by atoms with E-state index in [9.17, 15) is 0 Å². The molecule has 0 bridgehead atoms. The molecule has 0 amide bonds. The molecule has 3 rings (SSSR count). The second-order valence-electron chi connectivity index (χ2n) is 3.50. The van der Waals surface area contributed by atoms with Crippen molar-refractivity contribution in [2.75, 3.05) is 0 Å². The quantitative estimate of drug-likeness (QED) is 0.736. The van der Waals surface area contributed by atoms with E-state index in [1.165, 1.54) is 0 Å². The van der Waals surface area contributed by atoms with Crippen LogP contribution in [0.15, 0.2) is 40.9 Å². The van der Waals surface area contributed by atoms with E-state index < -0.39 is 0 Å². The topological polar surface area (TPSA) is 52.0 Å². The molecule has 0 unspecified atom stereocenters. The van der Waals surface area contributed by atoms with E-state index in [-0.39, 0.29) is 0 Å². The van der Waals surface area contributed by atoms with Crippen molar-refractivity contribution in [1.29, 1.82) is 0 Å². The highest BCUT2D eigenvalue weighted by Crippen LogP contribution is 2.32. The van der Waals surface area contributed by atoms with Gasteiger partial charge in [0.2, 0.25) is 0 Å². The average molecular weight is 230 g/mol. The van der Waals surface area contributed by atoms with E-state index in [0.717, 1.165) is 26.4 Å². The summed E-state index contributed by atoms with van der Waals surface area (Å²) in [4.78, 5) is 2.26. The fourth-order valence-corrected chi connectivity index (χ4v) is 2.56. The standard InChI is InChI=1S/C12H10N2OS/c13-7-8-5-6-11(16-8)12-9-3-1-2-4-10(9)15-14-12/h1-6H,7,13H2. The third-order valence-electron chi connectivity index (χ3n) is 2.47. The Hall–Kier alpha value is -1.65. The maximum absolute atomic E-state index is 5.60. The monoisotopic (exact) mass is 230 g/mol. The first-order chi connectivity index (χ1) is 7.88. The second kappa shape index (κ2) is 3.73. The second-order valence-corrected chi connectivity index (χ2v) is 4.67. The van der Waals surface area contributed by atoms with Gasteiger partial charge in [0.1, 0.15) is 5.69 Å². The minimum absolute atomic E-state index is 0.570. The lowest BCUT2D eigenvalue weighted by atomic mass is 10.2. The van der Waals surface area contributed by atoms with Gasteiger partial charge in [-0.1, -0.05) is 17.3 Å². The minimum Gasteiger partial charge on any atom is -0.356 e. The van der Waals surface area contributed by atoms with Gasteiger partial charge in [-0.15, -0.1) is 11.3 Å². The molecule has 0 atom stereocenters. The number of hydrogen-bond donors (Lipinski definition) is 1. The Bertz CT molecular complexity index is 627. The molecule has 0 radical (unpaired) electrons. The molecule has 0 aliphatic carbocycles. The van der Waals surface area contributed by atoms with Gasteiger partial charge >= 0.3 is 0 Å². The summed E-state index contributed by atoms with van der Waals surface area (Å²) in [5, 5.41) is 5.16. The predicted octanol–water partition coefficient (Wildman–Crippen LogP) is 3.02. The number of para-hydroxylation sites is 1. The van der Waals surface area contributed by atoms with Gasteiger partial charge in [0.05, 0.1) is 10.3 Å². The molecule has 0 saturated heterocycles. The SMILES string of the molecule is NCc1ccc(-c2noc3ccccc23)s1. The zero-order valence-corrected chi connectivity index (χ0v) is 9.33. The summed E-state index contributed by atoms with van der Waals surface area (Å²) in [6.07, 6.45) is 0. The van der Waals surface area contributed by atoms with Gasteiger partial charge in [-0.25, -0.2) is 0 Å². The summed E-state index contributed by atoms with van der Waals surface area (Å²) in [6, 6.07) is 11.9. The van der Waals surface area contributed by atoms with Crippen LogP contribution < -0.4 is 5.73 Å². The average Bonchev–Trinajstić information content (AvgIpc) is 2.94. The van der Waals surface area contributed by atoms with Crippen molar-refractivity contribution < 1.29 is 4.52 Å². The molecule has 2 aromatic heterocycles. The summed E-state index contributed by atoms with van der Waals surface area (Å²) in [5.41, 5.74) is 7.32. The van der Waals surface area contributed by atoms with Gasteiger partial charge in [-0.05, 0) is 24.3 Å². The number of thiophene rings is 1. The van der Waals surface area contributed by atoms with Crippen molar-refractivity contribution >= 4 is 22.3 Å². The van der Waals surface area contributed by atoms with Crippen molar-refractivity contribution in [3.63, 3.8) is 0 Å². The maximum atomic E-state index is 5.60. The highest BCUT2D eigenvalue weighted by molar-refractivity contribution is 7.15. The molecular weight excluding hydrogens is 220 g/mol. The Labute approximate surface area is 96.5 Å². The first-order valence-corrected chi connectivity index (χ1v) is 5.83. The first-order valence-electron chi connectivity index (χ1n) is 5.02. The van der Waals surface area contributed by atoms with Crippen LogP contribution in [0.4, 0.5) is 0 Å². The van der Waals surface area contributed by atoms with Gasteiger partial charge in [-0.2, -0.15) is 0 Å². The lowest BCUT2D eigenvalue weighted by molar-refractivity contribution is 0.459. The molecule has 0 fully saturated rings. The number of fused-ring (bicyclic) bond motifs is 1. The Morgan fingerprint density at radius 3 is 2.88 bits per heavy atom. The minimum atomic E-state index is 0.570. The fraction of sp³-hybridized carbons (Fsp3) is 0.0833. The number of benzene rings is 1. The summed E-state index contributed by atoms with van der Waals surface area (Å²) in [7, 11) is 0. The zero-order valence-electron chi connectivity index (χ0n) is 8.51. The summed E-state index contributed by atoms with van der Waals surface area (Å²) in [5.74, 6) is 0. The van der Waals surface area contributed by atoms with Crippen LogP contribution in [-0.4, -0.2) is 5.16 Å². The molecule has 1 aromatic carbocycles. The zero-order chi connectivity index (χ0) is 11.0. The normalized spacial score (nSPS) is 11.1. The molecule has 2 heterocycles. The Balaban J connectivity index is 2.18. The van der Waals surface area contributed by atoms with Crippen molar-refractivity contribution in [1.82, 2.24) is 5.16 Å². The van der Waals surface area contributed by atoms with Crippen LogP contribution in [0.3, 0.4) is 0 Å². The Morgan fingerprint density at radius 1 is 1.19 bits per heavy atom. The van der Waals surface area contributed by atoms with Crippen LogP contribution in [0.25, 0.3) is 21.5 Å². The number of aromatic nitrogens is 1. The van der Waals surface area contributed by atoms with Gasteiger partial charge in [0.15, 0.2) is 5.58 Å². The third-order valence-corrected chi connectivity index (χ3v) is 3.59. The largest absolute Gasteiger partial charge is 0.356 e. The van der Waals surface area contributed by atoms with Gasteiger partial charge < -0.3 is 10.3 Å². The number of nitrogens with two attached hydrogens (primary N) is 1. The van der Waals surface area contributed by atoms with Crippen LogP contribution in [-0.2, 0) is 6.54 Å². The molecule has 3 nitrogen and oxygen atoms in total. The Kier molecular flexibility index (Phi) is 2.23. The highest BCUT2D eigenvalue weighted by atomic mass is 32.1. The van der Waals surface area contributed by atoms with Crippen molar-refractivity contribution in [3.8, 4) is 10.6 Å². The molecule has 80 valence electrons. The van der Waals surface area contributed by atoms with E-state index in [0.29, 0.717) is 6.54 Å². The number of hydrogen-bond acceptors (Lipinski definition) is 4. The summed E-state index contributed by atoms with van der Waals surface area (Å²) >= 11 is 1.66. The van der Waals surface area contributed by atoms with Gasteiger partial charge in [0, 0.05) is 11.4 Å². The predicted molar refractivity (Wildman–Crippen MR) is 65.2 cm³/mol. The molecule has 0 spiro atoms. The van der Waals surface area contributed by atoms with E-state index in [1.54, 1.807) is 11.3 Å². The van der Waals surface area contributed by atoms with Crippen molar-refractivity contribution in [2.24, 2.45) is 5.73 Å².